The Morgan fingerprint density at radius 2 is 1.53 bits per heavy atom. The number of nitrogens with one attached hydrogen (secondary N) is 2. The monoisotopic (exact) mass is 659 g/mol. The van der Waals surface area contributed by atoms with Crippen molar-refractivity contribution in [1.29, 1.82) is 0 Å². The van der Waals surface area contributed by atoms with Crippen LogP contribution >= 0.6 is 0 Å². The van der Waals surface area contributed by atoms with Gasteiger partial charge in [-0.05, 0) is 87.6 Å². The van der Waals surface area contributed by atoms with Crippen molar-refractivity contribution in [2.75, 3.05) is 23.8 Å². The van der Waals surface area contributed by atoms with Crippen molar-refractivity contribution in [1.82, 2.24) is 4.98 Å². The van der Waals surface area contributed by atoms with E-state index in [1.807, 2.05) is 6.92 Å². The maximum atomic E-state index is 15.2. The molecule has 0 atom stereocenters. The van der Waals surface area contributed by atoms with Crippen LogP contribution in [0.15, 0.2) is 66.9 Å². The van der Waals surface area contributed by atoms with Crippen LogP contribution in [-0.4, -0.2) is 64.1 Å². The molecule has 4 aromatic rings. The Labute approximate surface area is 288 Å². The zero-order chi connectivity index (χ0) is 32.7. The van der Waals surface area contributed by atoms with Crippen LogP contribution in [0.2, 0.25) is 0 Å². The van der Waals surface area contributed by atoms with Crippen molar-refractivity contribution in [2.45, 2.75) is 45.4 Å². The Morgan fingerprint density at radius 1 is 0.851 bits per heavy atom. The number of amides is 2. The molecule has 3 N–H and O–H groups in total. The number of hydrogen-bond donors (Lipinski definition) is 3. The predicted octanol–water partition coefficient (Wildman–Crippen LogP) is 6.93. The predicted molar refractivity (Wildman–Crippen MR) is 174 cm³/mol. The van der Waals surface area contributed by atoms with Crippen LogP contribution in [-0.2, 0) is 14.4 Å². The minimum atomic E-state index is -1.29. The van der Waals surface area contributed by atoms with E-state index in [1.165, 1.54) is 42.6 Å². The summed E-state index contributed by atoms with van der Waals surface area (Å²) < 4.78 is 46.1. The zero-order valence-corrected chi connectivity index (χ0v) is 27.2. The molecule has 1 heterocycles. The number of benzene rings is 3. The molecule has 0 unspecified atom stereocenters. The van der Waals surface area contributed by atoms with E-state index in [0.717, 1.165) is 6.07 Å². The molecule has 244 valence electrons. The van der Waals surface area contributed by atoms with E-state index in [-0.39, 0.29) is 43.8 Å². The maximum absolute atomic E-state index is 15.2. The number of carbonyl (C=O) groups excluding carboxylic acids is 2. The number of aromatic nitrogens is 1. The summed E-state index contributed by atoms with van der Waals surface area (Å²) in [6, 6.07) is 14.2. The summed E-state index contributed by atoms with van der Waals surface area (Å²) in [7, 11) is 0. The molecule has 1 fully saturated rings. The van der Waals surface area contributed by atoms with Crippen LogP contribution in [0.25, 0.3) is 10.9 Å². The fourth-order valence-corrected chi connectivity index (χ4v) is 4.83. The molecule has 10 nitrogen and oxygen atoms in total. The Balaban J connectivity index is 0.00000278. The van der Waals surface area contributed by atoms with Crippen molar-refractivity contribution in [2.24, 2.45) is 5.41 Å². The Hall–Kier alpha value is -4.49. The first-order valence-corrected chi connectivity index (χ1v) is 14.9. The summed E-state index contributed by atoms with van der Waals surface area (Å²) >= 11 is 0. The van der Waals surface area contributed by atoms with E-state index in [1.54, 1.807) is 18.2 Å². The van der Waals surface area contributed by atoms with E-state index in [4.69, 9.17) is 19.3 Å². The van der Waals surface area contributed by atoms with Crippen molar-refractivity contribution < 1.29 is 45.3 Å². The van der Waals surface area contributed by atoms with Gasteiger partial charge in [-0.15, -0.1) is 0 Å². The van der Waals surface area contributed by atoms with Crippen LogP contribution in [0.5, 0.6) is 23.0 Å². The number of hydrogen-bond acceptors (Lipinski definition) is 7. The number of nitrogens with zero attached hydrogens (tertiary/aromatic N) is 1. The van der Waals surface area contributed by atoms with Crippen LogP contribution < -0.4 is 24.8 Å². The van der Waals surface area contributed by atoms with Crippen LogP contribution in [0.3, 0.4) is 0 Å². The summed E-state index contributed by atoms with van der Waals surface area (Å²) in [5.41, 5.74) is -0.251. The average molecular weight is 660 g/mol. The molecular weight excluding hydrogens is 625 g/mol. The third-order valence-electron chi connectivity index (χ3n) is 7.49. The van der Waals surface area contributed by atoms with E-state index in [2.05, 4.69) is 15.6 Å². The van der Waals surface area contributed by atoms with Crippen LogP contribution in [0.1, 0.15) is 48.3 Å². The number of rotatable bonds is 15. The molecule has 1 saturated carbocycles. The molecule has 0 radical (unpaired) electrons. The Kier molecular flexibility index (Phi) is 11.9. The second kappa shape index (κ2) is 15.9. The molecular formula is C34H35F2MgN3O7. The SMILES string of the molecule is CCOc1cc2c(Oc3ccc(NC(=O)C4(C(=O)Nc5ccc(F)cc5)CC4)cc3F)ccnc2cc1OCCCCCC(=O)O.[H-].[H-].[Mg+2]. The first kappa shape index (κ1) is 35.4. The van der Waals surface area contributed by atoms with Crippen molar-refractivity contribution in [3.05, 3.63) is 78.5 Å². The van der Waals surface area contributed by atoms with E-state index >= 15 is 4.39 Å². The number of anilines is 2. The number of aliphatic carboxylic acids is 1. The van der Waals surface area contributed by atoms with Crippen LogP contribution in [0, 0.1) is 17.0 Å². The average Bonchev–Trinajstić information content (AvgIpc) is 3.84. The topological polar surface area (TPSA) is 136 Å². The molecule has 0 saturated heterocycles. The Bertz CT molecular complexity index is 1760. The maximum Gasteiger partial charge on any atom is 2.00 e. The standard InChI is InChI=1S/C34H33F2N3O7.Mg.2H/c1-2-44-29-19-24-26(20-30(29)45-17-5-3-4-6-31(40)41)37-16-13-27(24)46-28-12-11-23(18-25(28)36)39-33(43)34(14-15-34)32(42)38-22-9-7-21(35)8-10-22;;;/h7-13,16,18-20H,2-6,14-15,17H2,1H3,(H,38,42)(H,39,43)(H,40,41);;;/q;+2;2*-1. The van der Waals surface area contributed by atoms with Gasteiger partial charge in [0.25, 0.3) is 0 Å². The molecule has 0 spiro atoms. The molecule has 0 aliphatic heterocycles. The van der Waals surface area contributed by atoms with Gasteiger partial charge in [0.1, 0.15) is 17.0 Å². The van der Waals surface area contributed by atoms with Crippen molar-refractivity contribution >= 4 is 63.1 Å². The molecule has 47 heavy (non-hydrogen) atoms. The largest absolute Gasteiger partial charge is 2.00 e. The number of halogens is 2. The summed E-state index contributed by atoms with van der Waals surface area (Å²) in [6.45, 7) is 2.57. The van der Waals surface area contributed by atoms with Gasteiger partial charge in [0.05, 0.1) is 18.7 Å². The number of pyridine rings is 1. The van der Waals surface area contributed by atoms with E-state index in [9.17, 15) is 18.8 Å². The number of carbonyl (C=O) groups is 3. The van der Waals surface area contributed by atoms with Crippen molar-refractivity contribution in [3.8, 4) is 23.0 Å². The normalized spacial score (nSPS) is 12.8. The quantitative estimate of drug-likeness (QED) is 0.0710. The molecule has 2 amide bonds. The van der Waals surface area contributed by atoms with Crippen molar-refractivity contribution in [3.63, 3.8) is 0 Å². The van der Waals surface area contributed by atoms with E-state index in [0.29, 0.717) is 79.2 Å². The summed E-state index contributed by atoms with van der Waals surface area (Å²) in [6.07, 6.45) is 4.24. The number of ether oxygens (including phenoxy) is 3. The number of carboxylic acid groups (broad SMARTS) is 1. The van der Waals surface area contributed by atoms with Gasteiger partial charge in [0.15, 0.2) is 23.1 Å². The molecule has 1 aliphatic carbocycles. The minimum absolute atomic E-state index is 0. The molecule has 1 aromatic heterocycles. The van der Waals surface area contributed by atoms with Gasteiger partial charge in [-0.25, -0.2) is 8.78 Å². The minimum Gasteiger partial charge on any atom is -1.00 e. The molecule has 1 aliphatic rings. The van der Waals surface area contributed by atoms with Gasteiger partial charge in [0.2, 0.25) is 11.8 Å². The van der Waals surface area contributed by atoms with Gasteiger partial charge in [-0.1, -0.05) is 0 Å². The summed E-state index contributed by atoms with van der Waals surface area (Å²) in [4.78, 5) is 41.0. The molecule has 13 heteroatoms. The number of fused-ring (bicyclic) bond motifs is 1. The zero-order valence-electron chi connectivity index (χ0n) is 27.8. The number of carboxylic acids is 1. The van der Waals surface area contributed by atoms with Gasteiger partial charge in [-0.2, -0.15) is 0 Å². The number of unbranched alkanes of at least 4 members (excludes halogenated alkanes) is 2. The fourth-order valence-electron chi connectivity index (χ4n) is 4.83. The van der Waals surface area contributed by atoms with Gasteiger partial charge in [-0.3, -0.25) is 19.4 Å². The molecule has 3 aromatic carbocycles. The van der Waals surface area contributed by atoms with Gasteiger partial charge in [0, 0.05) is 41.5 Å². The van der Waals surface area contributed by atoms with Gasteiger partial charge >= 0.3 is 29.0 Å². The summed E-state index contributed by atoms with van der Waals surface area (Å²) in [5, 5.41) is 14.6. The Morgan fingerprint density at radius 3 is 2.19 bits per heavy atom. The summed E-state index contributed by atoms with van der Waals surface area (Å²) in [5.74, 6) is -1.95. The molecule has 0 bridgehead atoms. The third-order valence-corrected chi connectivity index (χ3v) is 7.49. The third kappa shape index (κ3) is 8.86. The smallest absolute Gasteiger partial charge is 1.00 e. The fraction of sp³-hybridized carbons (Fsp3) is 0.294. The van der Waals surface area contributed by atoms with Gasteiger partial charge < -0.3 is 32.8 Å². The van der Waals surface area contributed by atoms with E-state index < -0.39 is 34.8 Å². The second-order valence-electron chi connectivity index (χ2n) is 10.9. The molecule has 5 rings (SSSR count). The second-order valence-corrected chi connectivity index (χ2v) is 10.9. The first-order chi connectivity index (χ1) is 22.2. The van der Waals surface area contributed by atoms with Crippen LogP contribution in [0.4, 0.5) is 20.2 Å². The first-order valence-electron chi connectivity index (χ1n) is 14.9.